The molecule has 50 valence electrons. The van der Waals surface area contributed by atoms with E-state index in [-0.39, 0.29) is 0 Å². The molecule has 0 fully saturated rings. The van der Waals surface area contributed by atoms with Crippen LogP contribution in [0.3, 0.4) is 0 Å². The molecule has 0 aliphatic rings. The monoisotopic (exact) mass is 241 g/mol. The molecule has 2 heteroatoms. The standard InChI is InChI=1S/C3H8S.3CH3.Sn/c1-4(2)3;;;;/h1H2,2-3H3;3*1H3;/q+1;;;;. The summed E-state index contributed by atoms with van der Waals surface area (Å²) in [5, 5.41) is 0. The summed E-state index contributed by atoms with van der Waals surface area (Å²) < 4.78 is 1.56. The Morgan fingerprint density at radius 3 is 1.50 bits per heavy atom. The quantitative estimate of drug-likeness (QED) is 0.509. The zero-order valence-corrected chi connectivity index (χ0v) is 10.3. The van der Waals surface area contributed by atoms with Gasteiger partial charge in [0.05, 0.1) is 0 Å². The summed E-state index contributed by atoms with van der Waals surface area (Å²) in [6, 6.07) is 0. The zero-order valence-electron chi connectivity index (χ0n) is 6.62. The Labute approximate surface area is 60.3 Å². The SMILES string of the molecule is C[S+](C)[CH2][Sn]([CH3])([CH3])[CH3]. The third-order valence-electron chi connectivity index (χ3n) is 0.722. The van der Waals surface area contributed by atoms with Gasteiger partial charge in [0.2, 0.25) is 0 Å². The van der Waals surface area contributed by atoms with Crippen LogP contribution in [0, 0.1) is 0 Å². The van der Waals surface area contributed by atoms with Gasteiger partial charge in [-0.2, -0.15) is 0 Å². The summed E-state index contributed by atoms with van der Waals surface area (Å²) in [6.45, 7) is 0. The molecule has 0 aliphatic heterocycles. The van der Waals surface area contributed by atoms with E-state index in [0.29, 0.717) is 10.9 Å². The maximum absolute atomic E-state index is 2.50. The normalized spacial score (nSPS) is 12.8. The van der Waals surface area contributed by atoms with Gasteiger partial charge in [0.25, 0.3) is 0 Å². The third kappa shape index (κ3) is 7.15. The van der Waals surface area contributed by atoms with Crippen molar-refractivity contribution in [1.29, 1.82) is 0 Å². The van der Waals surface area contributed by atoms with E-state index in [1.807, 2.05) is 0 Å². The predicted molar refractivity (Wildman–Crippen MR) is 47.4 cm³/mol. The molecule has 0 bridgehead atoms. The average molecular weight is 240 g/mol. The Morgan fingerprint density at radius 2 is 1.50 bits per heavy atom. The molecule has 0 atom stereocenters. The molecule has 0 amide bonds. The van der Waals surface area contributed by atoms with Crippen molar-refractivity contribution in [1.82, 2.24) is 0 Å². The molecule has 0 aromatic heterocycles. The predicted octanol–water partition coefficient (Wildman–Crippen LogP) is 1.74. The summed E-state index contributed by atoms with van der Waals surface area (Å²) >= 11 is -1.34. The Hall–Kier alpha value is 1.15. The van der Waals surface area contributed by atoms with Crippen LogP contribution < -0.4 is 0 Å². The molecule has 0 radical (unpaired) electrons. The molecular weight excluding hydrogens is 223 g/mol. The van der Waals surface area contributed by atoms with Gasteiger partial charge < -0.3 is 0 Å². The van der Waals surface area contributed by atoms with Crippen molar-refractivity contribution in [3.63, 3.8) is 0 Å². The van der Waals surface area contributed by atoms with Gasteiger partial charge in [-0.25, -0.2) is 0 Å². The van der Waals surface area contributed by atoms with E-state index >= 15 is 0 Å². The first kappa shape index (κ1) is 9.15. The molecule has 0 aliphatic carbocycles. The van der Waals surface area contributed by atoms with Crippen LogP contribution in [0.4, 0.5) is 0 Å². The van der Waals surface area contributed by atoms with Crippen LogP contribution in [0.1, 0.15) is 0 Å². The van der Waals surface area contributed by atoms with Crippen molar-refractivity contribution < 1.29 is 0 Å². The summed E-state index contributed by atoms with van der Waals surface area (Å²) in [6.07, 6.45) is 4.70. The minimum absolute atomic E-state index is 0.708. The Kier molecular flexibility index (Phi) is 3.83. The summed E-state index contributed by atoms with van der Waals surface area (Å²) in [5.74, 6) is 0. The molecule has 0 saturated heterocycles. The fourth-order valence-electron chi connectivity index (χ4n) is 0.866. The van der Waals surface area contributed by atoms with E-state index in [4.69, 9.17) is 0 Å². The Bertz CT molecular complexity index is 63.4. The second-order valence-corrected chi connectivity index (χ2v) is 23.0. The van der Waals surface area contributed by atoms with Crippen molar-refractivity contribution in [3.8, 4) is 0 Å². The van der Waals surface area contributed by atoms with Crippen LogP contribution in [-0.2, 0) is 10.9 Å². The molecule has 0 nitrogen and oxygen atoms in total. The van der Waals surface area contributed by atoms with Gasteiger partial charge in [-0.3, -0.25) is 0 Å². The second kappa shape index (κ2) is 3.35. The fraction of sp³-hybridized carbons (Fsp3) is 1.00. The molecule has 0 aromatic carbocycles. The molecule has 0 saturated carbocycles. The molecule has 0 spiro atoms. The maximum atomic E-state index is 2.50. The van der Waals surface area contributed by atoms with Crippen LogP contribution in [0.25, 0.3) is 0 Å². The van der Waals surface area contributed by atoms with Crippen LogP contribution in [0.15, 0.2) is 0 Å². The molecule has 0 aromatic rings. The first-order chi connectivity index (χ1) is 3.42. The first-order valence-electron chi connectivity index (χ1n) is 2.96. The topological polar surface area (TPSA) is 0 Å². The molecular formula is C6H17SSn+. The molecule has 0 unspecified atom stereocenters. The Morgan fingerprint density at radius 1 is 1.12 bits per heavy atom. The Balaban J connectivity index is 3.39. The van der Waals surface area contributed by atoms with Crippen LogP contribution in [0.5, 0.6) is 0 Å². The van der Waals surface area contributed by atoms with E-state index in [1.54, 1.807) is 3.77 Å². The van der Waals surface area contributed by atoms with Crippen LogP contribution >= 0.6 is 0 Å². The van der Waals surface area contributed by atoms with E-state index in [1.165, 1.54) is 0 Å². The van der Waals surface area contributed by atoms with Crippen molar-refractivity contribution in [3.05, 3.63) is 0 Å². The van der Waals surface area contributed by atoms with Gasteiger partial charge in [-0.05, 0) is 0 Å². The van der Waals surface area contributed by atoms with Gasteiger partial charge in [0.1, 0.15) is 0 Å². The molecule has 0 N–H and O–H groups in total. The van der Waals surface area contributed by atoms with Gasteiger partial charge in [0.15, 0.2) is 0 Å². The molecule has 0 heterocycles. The van der Waals surface area contributed by atoms with E-state index in [9.17, 15) is 0 Å². The second-order valence-electron chi connectivity index (χ2n) is 3.69. The minimum atomic E-state index is -1.34. The number of hydrogen-bond acceptors (Lipinski definition) is 0. The molecule has 8 heavy (non-hydrogen) atoms. The summed E-state index contributed by atoms with van der Waals surface area (Å²) in [7, 11) is 0.708. The zero-order chi connectivity index (χ0) is 6.78. The van der Waals surface area contributed by atoms with Crippen molar-refractivity contribution in [2.75, 3.05) is 16.3 Å². The molecule has 0 rings (SSSR count). The van der Waals surface area contributed by atoms with Gasteiger partial charge >= 0.3 is 60.4 Å². The van der Waals surface area contributed by atoms with E-state index in [2.05, 4.69) is 27.3 Å². The number of rotatable bonds is 2. The fourth-order valence-corrected chi connectivity index (χ4v) is 17.4. The summed E-state index contributed by atoms with van der Waals surface area (Å²) in [4.78, 5) is 7.50. The third-order valence-corrected chi connectivity index (χ3v) is 14.5. The summed E-state index contributed by atoms with van der Waals surface area (Å²) in [5.41, 5.74) is 0. The average Bonchev–Trinajstić information content (AvgIpc) is 1.21. The van der Waals surface area contributed by atoms with Crippen molar-refractivity contribution in [2.45, 2.75) is 14.8 Å². The van der Waals surface area contributed by atoms with E-state index < -0.39 is 18.4 Å². The van der Waals surface area contributed by atoms with Crippen LogP contribution in [-0.4, -0.2) is 34.7 Å². The number of hydrogen-bond donors (Lipinski definition) is 0. The van der Waals surface area contributed by atoms with Crippen molar-refractivity contribution >= 4 is 29.3 Å². The van der Waals surface area contributed by atoms with Gasteiger partial charge in [-0.1, -0.05) is 0 Å². The van der Waals surface area contributed by atoms with Gasteiger partial charge in [0, 0.05) is 0 Å². The van der Waals surface area contributed by atoms with Gasteiger partial charge in [-0.15, -0.1) is 0 Å². The van der Waals surface area contributed by atoms with E-state index in [0.717, 1.165) is 0 Å². The van der Waals surface area contributed by atoms with Crippen molar-refractivity contribution in [2.24, 2.45) is 0 Å². The first-order valence-corrected chi connectivity index (χ1v) is 15.7. The van der Waals surface area contributed by atoms with Crippen LogP contribution in [0.2, 0.25) is 14.8 Å².